The normalized spacial score (nSPS) is 11.1. The summed E-state index contributed by atoms with van der Waals surface area (Å²) in [6, 6.07) is 8.54. The highest BCUT2D eigenvalue weighted by Gasteiger charge is 2.08. The lowest BCUT2D eigenvalue weighted by Gasteiger charge is -2.03. The van der Waals surface area contributed by atoms with E-state index in [-0.39, 0.29) is 0 Å². The van der Waals surface area contributed by atoms with Gasteiger partial charge in [-0.2, -0.15) is 5.10 Å². The van der Waals surface area contributed by atoms with Gasteiger partial charge in [-0.25, -0.2) is 9.97 Å². The van der Waals surface area contributed by atoms with Crippen molar-refractivity contribution in [2.24, 2.45) is 7.05 Å². The lowest BCUT2D eigenvalue weighted by atomic mass is 10.2. The summed E-state index contributed by atoms with van der Waals surface area (Å²) in [5, 5.41) is 6.23. The van der Waals surface area contributed by atoms with E-state index in [1.807, 2.05) is 13.2 Å². The van der Waals surface area contributed by atoms with Gasteiger partial charge in [0, 0.05) is 12.8 Å². The molecule has 0 unspecified atom stereocenters. The Kier molecular flexibility index (Phi) is 3.21. The molecule has 0 saturated carbocycles. The first-order valence-corrected chi connectivity index (χ1v) is 7.03. The third-order valence-electron chi connectivity index (χ3n) is 2.95. The minimum Gasteiger partial charge on any atom is -0.250 e. The Bertz CT molecular complexity index is 720. The van der Waals surface area contributed by atoms with Gasteiger partial charge in [-0.05, 0) is 12.5 Å². The van der Waals surface area contributed by atoms with Crippen LogP contribution < -0.4 is 0 Å². The summed E-state index contributed by atoms with van der Waals surface area (Å²) in [6.07, 6.45) is 3.43. The predicted octanol–water partition coefficient (Wildman–Crippen LogP) is 2.96. The van der Waals surface area contributed by atoms with E-state index in [1.54, 1.807) is 22.8 Å². The number of aryl methyl sites for hydroxylation is 2. The molecule has 0 saturated heterocycles. The van der Waals surface area contributed by atoms with Crippen molar-refractivity contribution in [3.05, 3.63) is 47.9 Å². The van der Waals surface area contributed by atoms with Crippen molar-refractivity contribution in [1.29, 1.82) is 0 Å². The second-order valence-corrected chi connectivity index (χ2v) is 5.43. The molecule has 5 heteroatoms. The summed E-state index contributed by atoms with van der Waals surface area (Å²) in [5.41, 5.74) is 3.47. The molecule has 0 bridgehead atoms. The molecule has 0 radical (unpaired) electrons. The highest BCUT2D eigenvalue weighted by Crippen LogP contribution is 2.26. The second-order valence-electron chi connectivity index (χ2n) is 4.46. The highest BCUT2D eigenvalue weighted by atomic mass is 32.2. The van der Waals surface area contributed by atoms with Crippen molar-refractivity contribution in [2.75, 3.05) is 0 Å². The maximum absolute atomic E-state index is 4.36. The molecule has 2 heterocycles. The second kappa shape index (κ2) is 5.01. The monoisotopic (exact) mass is 270 g/mol. The van der Waals surface area contributed by atoms with E-state index in [4.69, 9.17) is 0 Å². The summed E-state index contributed by atoms with van der Waals surface area (Å²) >= 11 is 1.72. The first-order chi connectivity index (χ1) is 9.24. The van der Waals surface area contributed by atoms with Crippen LogP contribution >= 0.6 is 11.8 Å². The van der Waals surface area contributed by atoms with E-state index in [9.17, 15) is 0 Å². The molecule has 1 aromatic carbocycles. The highest BCUT2D eigenvalue weighted by molar-refractivity contribution is 7.98. The fraction of sp³-hybridized carbons (Fsp3) is 0.214. The van der Waals surface area contributed by atoms with E-state index in [0.717, 1.165) is 21.8 Å². The zero-order valence-corrected chi connectivity index (χ0v) is 11.7. The van der Waals surface area contributed by atoms with Gasteiger partial charge in [-0.1, -0.05) is 29.8 Å². The van der Waals surface area contributed by atoms with Gasteiger partial charge in [0.1, 0.15) is 11.4 Å². The van der Waals surface area contributed by atoms with Crippen LogP contribution in [0.15, 0.2) is 41.8 Å². The smallest absolute Gasteiger partial charge is 0.162 e. The Labute approximate surface area is 115 Å². The number of benzene rings is 1. The number of rotatable bonds is 3. The molecule has 0 fully saturated rings. The van der Waals surface area contributed by atoms with Crippen molar-refractivity contribution in [2.45, 2.75) is 17.7 Å². The number of aromatic nitrogens is 4. The van der Waals surface area contributed by atoms with Crippen LogP contribution in [0.1, 0.15) is 11.1 Å². The van der Waals surface area contributed by atoms with E-state index in [1.165, 1.54) is 11.1 Å². The quantitative estimate of drug-likeness (QED) is 0.542. The van der Waals surface area contributed by atoms with Crippen LogP contribution in [-0.4, -0.2) is 19.7 Å². The molecule has 96 valence electrons. The van der Waals surface area contributed by atoms with Gasteiger partial charge in [-0.3, -0.25) is 4.68 Å². The van der Waals surface area contributed by atoms with Crippen LogP contribution in [0.5, 0.6) is 0 Å². The van der Waals surface area contributed by atoms with Crippen LogP contribution in [-0.2, 0) is 12.8 Å². The lowest BCUT2D eigenvalue weighted by molar-refractivity contribution is 0.784. The van der Waals surface area contributed by atoms with Crippen molar-refractivity contribution in [1.82, 2.24) is 19.7 Å². The standard InChI is InChI=1S/C14H14N4S/c1-10-4-3-5-11(6-10)8-19-14-12-7-17-18(2)13(12)15-9-16-14/h3-7,9H,8H2,1-2H3. The molecular formula is C14H14N4S. The van der Waals surface area contributed by atoms with Gasteiger partial charge in [0.2, 0.25) is 0 Å². The molecule has 0 aliphatic heterocycles. The van der Waals surface area contributed by atoms with E-state index < -0.39 is 0 Å². The van der Waals surface area contributed by atoms with Gasteiger partial charge in [-0.15, -0.1) is 11.8 Å². The first kappa shape index (κ1) is 12.2. The Balaban J connectivity index is 1.86. The molecule has 0 N–H and O–H groups in total. The van der Waals surface area contributed by atoms with Crippen molar-refractivity contribution < 1.29 is 0 Å². The lowest BCUT2D eigenvalue weighted by Crippen LogP contribution is -1.93. The number of hydrogen-bond donors (Lipinski definition) is 0. The Hall–Kier alpha value is -1.88. The maximum atomic E-state index is 4.36. The minimum absolute atomic E-state index is 0.877. The van der Waals surface area contributed by atoms with Gasteiger partial charge in [0.15, 0.2) is 5.65 Å². The molecule has 0 amide bonds. The Morgan fingerprint density at radius 2 is 2.16 bits per heavy atom. The van der Waals surface area contributed by atoms with Gasteiger partial charge in [0.25, 0.3) is 0 Å². The topological polar surface area (TPSA) is 43.6 Å². The number of nitrogens with zero attached hydrogens (tertiary/aromatic N) is 4. The average molecular weight is 270 g/mol. The summed E-state index contributed by atoms with van der Waals surface area (Å²) in [5.74, 6) is 0.905. The van der Waals surface area contributed by atoms with Crippen LogP contribution in [0.25, 0.3) is 11.0 Å². The third-order valence-corrected chi connectivity index (χ3v) is 4.03. The van der Waals surface area contributed by atoms with Gasteiger partial charge >= 0.3 is 0 Å². The zero-order chi connectivity index (χ0) is 13.2. The molecule has 2 aromatic heterocycles. The average Bonchev–Trinajstić information content (AvgIpc) is 2.79. The fourth-order valence-electron chi connectivity index (χ4n) is 2.01. The van der Waals surface area contributed by atoms with Crippen LogP contribution in [0.2, 0.25) is 0 Å². The molecule has 19 heavy (non-hydrogen) atoms. The molecule has 4 nitrogen and oxygen atoms in total. The Morgan fingerprint density at radius 1 is 1.26 bits per heavy atom. The van der Waals surface area contributed by atoms with Crippen molar-refractivity contribution in [3.63, 3.8) is 0 Å². The molecule has 3 rings (SSSR count). The maximum Gasteiger partial charge on any atom is 0.162 e. The molecular weight excluding hydrogens is 256 g/mol. The van der Waals surface area contributed by atoms with Gasteiger partial charge in [0.05, 0.1) is 11.6 Å². The van der Waals surface area contributed by atoms with Crippen molar-refractivity contribution >= 4 is 22.8 Å². The third kappa shape index (κ3) is 2.46. The van der Waals surface area contributed by atoms with E-state index in [0.29, 0.717) is 0 Å². The number of fused-ring (bicyclic) bond motifs is 1. The van der Waals surface area contributed by atoms with Crippen molar-refractivity contribution in [3.8, 4) is 0 Å². The van der Waals surface area contributed by atoms with Crippen LogP contribution in [0.4, 0.5) is 0 Å². The summed E-state index contributed by atoms with van der Waals surface area (Å²) < 4.78 is 1.77. The molecule has 3 aromatic rings. The first-order valence-electron chi connectivity index (χ1n) is 6.05. The number of thioether (sulfide) groups is 1. The largest absolute Gasteiger partial charge is 0.250 e. The van der Waals surface area contributed by atoms with Gasteiger partial charge < -0.3 is 0 Å². The molecule has 0 aliphatic carbocycles. The fourth-order valence-corrected chi connectivity index (χ4v) is 2.91. The molecule has 0 aliphatic rings. The van der Waals surface area contributed by atoms with Crippen LogP contribution in [0.3, 0.4) is 0 Å². The summed E-state index contributed by atoms with van der Waals surface area (Å²) in [4.78, 5) is 8.60. The predicted molar refractivity (Wildman–Crippen MR) is 77.0 cm³/mol. The Morgan fingerprint density at radius 3 is 3.00 bits per heavy atom. The summed E-state index contributed by atoms with van der Waals surface area (Å²) in [6.45, 7) is 2.11. The zero-order valence-electron chi connectivity index (χ0n) is 10.9. The number of hydrogen-bond acceptors (Lipinski definition) is 4. The SMILES string of the molecule is Cc1cccc(CSc2ncnc3c2cnn3C)c1. The molecule has 0 spiro atoms. The van der Waals surface area contributed by atoms with Crippen LogP contribution in [0, 0.1) is 6.92 Å². The molecule has 0 atom stereocenters. The van der Waals surface area contributed by atoms with E-state index >= 15 is 0 Å². The summed E-state index contributed by atoms with van der Waals surface area (Å²) in [7, 11) is 1.89. The minimum atomic E-state index is 0.877. The van der Waals surface area contributed by atoms with E-state index in [2.05, 4.69) is 46.3 Å².